The average molecular weight is 139 g/mol. The molecule has 1 saturated heterocycles. The minimum absolute atomic E-state index is 0.560. The lowest BCUT2D eigenvalue weighted by Gasteiger charge is -2.37. The van der Waals surface area contributed by atoms with E-state index in [0.29, 0.717) is 18.3 Å². The first-order valence-corrected chi connectivity index (χ1v) is 4.26. The van der Waals surface area contributed by atoms with Crippen LogP contribution in [0.3, 0.4) is 0 Å². The van der Waals surface area contributed by atoms with Crippen molar-refractivity contribution in [3.63, 3.8) is 0 Å². The predicted molar refractivity (Wildman–Crippen MR) is 47.4 cm³/mol. The van der Waals surface area contributed by atoms with Crippen LogP contribution in [0.5, 0.6) is 0 Å². The summed E-state index contributed by atoms with van der Waals surface area (Å²) in [7, 11) is 0. The van der Waals surface area contributed by atoms with Crippen LogP contribution in [0.4, 0.5) is 0 Å². The second-order valence-electron chi connectivity index (χ2n) is 4.54. The molecule has 0 aliphatic carbocycles. The molecule has 2 heteroatoms. The maximum Gasteiger partial charge on any atom is 0.217 e. The predicted octanol–water partition coefficient (Wildman–Crippen LogP) is 2.02. The second kappa shape index (κ2) is 2.57. The van der Waals surface area contributed by atoms with Crippen molar-refractivity contribution in [3.8, 4) is 0 Å². The summed E-state index contributed by atoms with van der Waals surface area (Å²) in [5.41, 5.74) is 0.560. The first kappa shape index (κ1) is 8.12. The Morgan fingerprint density at radius 2 is 2.10 bits per heavy atom. The Kier molecular flexibility index (Phi) is 2.09. The largest absolute Gasteiger partial charge is 0.353 e. The van der Waals surface area contributed by atoms with Crippen LogP contribution < -0.4 is 5.23 Å². The molecule has 1 aliphatic heterocycles. The lowest BCUT2D eigenvalue weighted by Crippen LogP contribution is -2.48. The highest BCUT2D eigenvalue weighted by Gasteiger charge is 2.30. The van der Waals surface area contributed by atoms with Crippen molar-refractivity contribution < 1.29 is 0 Å². The first-order chi connectivity index (χ1) is 4.49. The molecule has 0 radical (unpaired) electrons. The fraction of sp³-hybridized carbons (Fsp3) is 1.00. The first-order valence-electron chi connectivity index (χ1n) is 4.26. The molecule has 1 rings (SSSR count). The summed E-state index contributed by atoms with van der Waals surface area (Å²) in [5, 5.41) is 3.53. The van der Waals surface area contributed by atoms with E-state index in [9.17, 15) is 0 Å². The third kappa shape index (κ3) is 2.01. The third-order valence-electron chi connectivity index (χ3n) is 2.29. The fourth-order valence-electron chi connectivity index (χ4n) is 2.34. The monoisotopic (exact) mass is 139 g/mol. The summed E-state index contributed by atoms with van der Waals surface area (Å²) < 4.78 is 0. The molecule has 1 nitrogen and oxygen atoms in total. The van der Waals surface area contributed by atoms with Crippen LogP contribution in [0.25, 0.3) is 0 Å². The van der Waals surface area contributed by atoms with Crippen LogP contribution in [-0.2, 0) is 0 Å². The van der Waals surface area contributed by atoms with Crippen molar-refractivity contribution in [1.82, 2.24) is 5.23 Å². The van der Waals surface area contributed by atoms with Crippen LogP contribution in [0.15, 0.2) is 0 Å². The van der Waals surface area contributed by atoms with E-state index in [-0.39, 0.29) is 0 Å². The molecule has 1 unspecified atom stereocenters. The normalized spacial score (nSPS) is 32.4. The molecule has 0 bridgehead atoms. The van der Waals surface area contributed by atoms with Gasteiger partial charge in [0.05, 0.1) is 0 Å². The van der Waals surface area contributed by atoms with Gasteiger partial charge in [0.1, 0.15) is 0 Å². The Hall–Kier alpha value is 0.0249. The van der Waals surface area contributed by atoms with Crippen molar-refractivity contribution in [2.24, 2.45) is 5.41 Å². The van der Waals surface area contributed by atoms with Gasteiger partial charge in [-0.25, -0.2) is 0 Å². The third-order valence-corrected chi connectivity index (χ3v) is 2.29. The molecule has 0 aromatic rings. The van der Waals surface area contributed by atoms with E-state index in [0.717, 1.165) is 0 Å². The van der Waals surface area contributed by atoms with Gasteiger partial charge < -0.3 is 5.23 Å². The van der Waals surface area contributed by atoms with Gasteiger partial charge in [0.25, 0.3) is 0 Å². The zero-order chi connectivity index (χ0) is 7.78. The van der Waals surface area contributed by atoms with E-state index in [1.54, 1.807) is 0 Å². The molecular formula is C8H18BN. The van der Waals surface area contributed by atoms with Gasteiger partial charge >= 0.3 is 0 Å². The second-order valence-corrected chi connectivity index (χ2v) is 4.54. The summed E-state index contributed by atoms with van der Waals surface area (Å²) >= 11 is 0. The zero-order valence-corrected chi connectivity index (χ0v) is 7.57. The molecule has 0 aromatic carbocycles. The molecule has 1 fully saturated rings. The summed E-state index contributed by atoms with van der Waals surface area (Å²) in [6, 6.07) is 0.707. The van der Waals surface area contributed by atoms with Crippen LogP contribution in [0.1, 0.15) is 27.2 Å². The average Bonchev–Trinajstić information content (AvgIpc) is 1.54. The Bertz CT molecular complexity index is 110. The lowest BCUT2D eigenvalue weighted by atomic mass is 9.50. The Morgan fingerprint density at radius 1 is 1.50 bits per heavy atom. The molecule has 1 heterocycles. The SMILES string of the molecule is CB1CC(C)(C)CC(C)N1. The van der Waals surface area contributed by atoms with Crippen molar-refractivity contribution in [3.05, 3.63) is 0 Å². The Labute approximate surface area is 64.7 Å². The van der Waals surface area contributed by atoms with Crippen LogP contribution in [0, 0.1) is 5.41 Å². The van der Waals surface area contributed by atoms with E-state index < -0.39 is 0 Å². The van der Waals surface area contributed by atoms with Crippen molar-refractivity contribution >= 4 is 6.85 Å². The highest BCUT2D eigenvalue weighted by molar-refractivity contribution is 6.55. The number of hydrogen-bond donors (Lipinski definition) is 1. The molecule has 0 spiro atoms. The molecular weight excluding hydrogens is 121 g/mol. The molecule has 0 saturated carbocycles. The maximum absolute atomic E-state index is 3.53. The van der Waals surface area contributed by atoms with Crippen molar-refractivity contribution in [2.45, 2.75) is 46.4 Å². The molecule has 0 aromatic heterocycles. The fourth-order valence-corrected chi connectivity index (χ4v) is 2.34. The standard InChI is InChI=1S/C8H18BN/c1-7-5-8(2,3)6-9(4)10-7/h7,10H,5-6H2,1-4H3. The molecule has 10 heavy (non-hydrogen) atoms. The van der Waals surface area contributed by atoms with Gasteiger partial charge in [-0.05, 0) is 17.9 Å². The molecule has 1 aliphatic rings. The van der Waals surface area contributed by atoms with E-state index >= 15 is 0 Å². The highest BCUT2D eigenvalue weighted by Crippen LogP contribution is 2.31. The van der Waals surface area contributed by atoms with Gasteiger partial charge in [0.2, 0.25) is 6.85 Å². The van der Waals surface area contributed by atoms with E-state index in [1.165, 1.54) is 12.7 Å². The highest BCUT2D eigenvalue weighted by atomic mass is 14.8. The van der Waals surface area contributed by atoms with Gasteiger partial charge in [0.15, 0.2) is 0 Å². The van der Waals surface area contributed by atoms with Crippen LogP contribution in [0.2, 0.25) is 13.1 Å². The smallest absolute Gasteiger partial charge is 0.217 e. The molecule has 1 N–H and O–H groups in total. The summed E-state index contributed by atoms with van der Waals surface area (Å²) in [4.78, 5) is 0. The van der Waals surface area contributed by atoms with Gasteiger partial charge in [-0.3, -0.25) is 0 Å². The van der Waals surface area contributed by atoms with E-state index in [2.05, 4.69) is 32.8 Å². The van der Waals surface area contributed by atoms with Gasteiger partial charge in [-0.2, -0.15) is 0 Å². The van der Waals surface area contributed by atoms with Gasteiger partial charge in [-0.1, -0.05) is 33.9 Å². The number of rotatable bonds is 0. The summed E-state index contributed by atoms with van der Waals surface area (Å²) in [5.74, 6) is 0. The maximum atomic E-state index is 3.53. The van der Waals surface area contributed by atoms with Gasteiger partial charge in [-0.15, -0.1) is 0 Å². The van der Waals surface area contributed by atoms with Crippen molar-refractivity contribution in [2.75, 3.05) is 0 Å². The Balaban J connectivity index is 2.51. The van der Waals surface area contributed by atoms with Gasteiger partial charge in [0, 0.05) is 0 Å². The van der Waals surface area contributed by atoms with Crippen LogP contribution in [-0.4, -0.2) is 12.9 Å². The number of nitrogens with one attached hydrogen (secondary N) is 1. The molecule has 0 amide bonds. The van der Waals surface area contributed by atoms with Crippen molar-refractivity contribution in [1.29, 1.82) is 0 Å². The minimum atomic E-state index is 0.560. The topological polar surface area (TPSA) is 12.0 Å². The molecule has 1 atom stereocenters. The minimum Gasteiger partial charge on any atom is -0.353 e. The quantitative estimate of drug-likeness (QED) is 0.506. The molecule has 58 valence electrons. The summed E-state index contributed by atoms with van der Waals surface area (Å²) in [6.07, 6.45) is 2.63. The van der Waals surface area contributed by atoms with E-state index in [1.807, 2.05) is 0 Å². The van der Waals surface area contributed by atoms with Crippen LogP contribution >= 0.6 is 0 Å². The zero-order valence-electron chi connectivity index (χ0n) is 7.57. The lowest BCUT2D eigenvalue weighted by molar-refractivity contribution is 0.312. The van der Waals surface area contributed by atoms with E-state index in [4.69, 9.17) is 0 Å². The summed E-state index contributed by atoms with van der Waals surface area (Å²) in [6.45, 7) is 9.98. The Morgan fingerprint density at radius 3 is 2.50 bits per heavy atom. The number of hydrogen-bond acceptors (Lipinski definition) is 1.